The van der Waals surface area contributed by atoms with Crippen LogP contribution in [0.4, 0.5) is 20.2 Å². The Bertz CT molecular complexity index is 920. The van der Waals surface area contributed by atoms with Crippen LogP contribution in [0.15, 0.2) is 54.6 Å². The number of rotatable bonds is 4. The summed E-state index contributed by atoms with van der Waals surface area (Å²) in [6.07, 6.45) is 0.987. The summed E-state index contributed by atoms with van der Waals surface area (Å²) in [4.78, 5) is 0. The summed E-state index contributed by atoms with van der Waals surface area (Å²) in [6.45, 7) is 1.91. The number of hydrogen-bond donors (Lipinski definition) is 2. The predicted molar refractivity (Wildman–Crippen MR) is 98.4 cm³/mol. The topological polar surface area (TPSA) is 52.0 Å². The van der Waals surface area contributed by atoms with E-state index in [1.54, 1.807) is 12.1 Å². The molecule has 0 aliphatic rings. The Morgan fingerprint density at radius 3 is 1.92 bits per heavy atom. The van der Waals surface area contributed by atoms with Crippen LogP contribution in [0.25, 0.3) is 0 Å². The monoisotopic (exact) mass is 338 g/mol. The van der Waals surface area contributed by atoms with Crippen LogP contribution in [-0.4, -0.2) is 0 Å². The Balaban J connectivity index is 1.99. The highest BCUT2D eigenvalue weighted by Crippen LogP contribution is 2.30. The molecular formula is C21H20F2N2. The van der Waals surface area contributed by atoms with E-state index >= 15 is 0 Å². The summed E-state index contributed by atoms with van der Waals surface area (Å²) in [5, 5.41) is 0. The number of nitrogens with two attached hydrogens (primary N) is 2. The van der Waals surface area contributed by atoms with Gasteiger partial charge in [0.05, 0.1) is 0 Å². The van der Waals surface area contributed by atoms with Crippen molar-refractivity contribution < 1.29 is 8.78 Å². The third-order valence-electron chi connectivity index (χ3n) is 4.44. The van der Waals surface area contributed by atoms with Crippen LogP contribution in [0.2, 0.25) is 0 Å². The van der Waals surface area contributed by atoms with E-state index in [9.17, 15) is 8.78 Å². The molecule has 0 saturated carbocycles. The third kappa shape index (κ3) is 3.79. The van der Waals surface area contributed by atoms with Crippen LogP contribution < -0.4 is 11.5 Å². The van der Waals surface area contributed by atoms with Crippen LogP contribution in [0.1, 0.15) is 27.8 Å². The van der Waals surface area contributed by atoms with E-state index in [1.165, 1.54) is 24.3 Å². The van der Waals surface area contributed by atoms with Crippen molar-refractivity contribution in [1.82, 2.24) is 0 Å². The average molecular weight is 338 g/mol. The van der Waals surface area contributed by atoms with Gasteiger partial charge in [0, 0.05) is 11.4 Å². The van der Waals surface area contributed by atoms with Crippen molar-refractivity contribution in [2.75, 3.05) is 11.5 Å². The molecule has 128 valence electrons. The number of halogens is 2. The molecule has 0 aliphatic heterocycles. The summed E-state index contributed by atoms with van der Waals surface area (Å²) in [5.74, 6) is -0.561. The van der Waals surface area contributed by atoms with Gasteiger partial charge in [-0.05, 0) is 77.9 Å². The van der Waals surface area contributed by atoms with Gasteiger partial charge in [-0.15, -0.1) is 0 Å². The normalized spacial score (nSPS) is 10.8. The van der Waals surface area contributed by atoms with E-state index in [-0.39, 0.29) is 11.6 Å². The zero-order valence-corrected chi connectivity index (χ0v) is 14.0. The van der Waals surface area contributed by atoms with Crippen molar-refractivity contribution in [2.24, 2.45) is 0 Å². The van der Waals surface area contributed by atoms with Gasteiger partial charge in [0.1, 0.15) is 11.6 Å². The Kier molecular flexibility index (Phi) is 4.70. The summed E-state index contributed by atoms with van der Waals surface area (Å²) in [5.41, 5.74) is 18.1. The summed E-state index contributed by atoms with van der Waals surface area (Å²) in [6, 6.07) is 14.7. The van der Waals surface area contributed by atoms with Gasteiger partial charge in [-0.3, -0.25) is 0 Å². The van der Waals surface area contributed by atoms with Gasteiger partial charge < -0.3 is 11.5 Å². The number of benzene rings is 3. The minimum Gasteiger partial charge on any atom is -0.398 e. The maximum Gasteiger partial charge on any atom is 0.123 e. The fourth-order valence-electron chi connectivity index (χ4n) is 3.04. The van der Waals surface area contributed by atoms with E-state index in [0.29, 0.717) is 24.2 Å². The van der Waals surface area contributed by atoms with E-state index < -0.39 is 0 Å². The van der Waals surface area contributed by atoms with Gasteiger partial charge in [0.15, 0.2) is 0 Å². The first kappa shape index (κ1) is 17.0. The smallest absolute Gasteiger partial charge is 0.123 e. The Hall–Kier alpha value is -2.88. The van der Waals surface area contributed by atoms with E-state index in [0.717, 1.165) is 27.8 Å². The summed E-state index contributed by atoms with van der Waals surface area (Å²) < 4.78 is 26.9. The lowest BCUT2D eigenvalue weighted by molar-refractivity contribution is 0.625. The maximum atomic E-state index is 13.5. The Morgan fingerprint density at radius 1 is 0.800 bits per heavy atom. The van der Waals surface area contributed by atoms with Crippen LogP contribution in [0, 0.1) is 18.6 Å². The van der Waals surface area contributed by atoms with Gasteiger partial charge in [-0.2, -0.15) is 0 Å². The van der Waals surface area contributed by atoms with Crippen LogP contribution >= 0.6 is 0 Å². The largest absolute Gasteiger partial charge is 0.398 e. The van der Waals surface area contributed by atoms with Crippen LogP contribution in [0.5, 0.6) is 0 Å². The molecule has 3 rings (SSSR count). The highest BCUT2D eigenvalue weighted by atomic mass is 19.1. The SMILES string of the molecule is Cc1c(N)cc(Cc2cccc(F)c2)c(N)c1Cc1cccc(F)c1. The number of hydrogen-bond acceptors (Lipinski definition) is 2. The van der Waals surface area contributed by atoms with Crippen molar-refractivity contribution in [1.29, 1.82) is 0 Å². The summed E-state index contributed by atoms with van der Waals surface area (Å²) >= 11 is 0. The quantitative estimate of drug-likeness (QED) is 0.682. The van der Waals surface area contributed by atoms with Crippen molar-refractivity contribution >= 4 is 11.4 Å². The van der Waals surface area contributed by atoms with Crippen molar-refractivity contribution in [2.45, 2.75) is 19.8 Å². The molecule has 25 heavy (non-hydrogen) atoms. The zero-order chi connectivity index (χ0) is 18.0. The molecular weight excluding hydrogens is 318 g/mol. The molecule has 0 saturated heterocycles. The second-order valence-electron chi connectivity index (χ2n) is 6.26. The van der Waals surface area contributed by atoms with Crippen LogP contribution in [-0.2, 0) is 12.8 Å². The molecule has 0 unspecified atom stereocenters. The first-order valence-electron chi connectivity index (χ1n) is 8.09. The van der Waals surface area contributed by atoms with Crippen molar-refractivity contribution in [3.63, 3.8) is 0 Å². The molecule has 4 N–H and O–H groups in total. The zero-order valence-electron chi connectivity index (χ0n) is 14.0. The number of nitrogen functional groups attached to an aromatic ring is 2. The molecule has 0 spiro atoms. The molecule has 3 aromatic carbocycles. The lowest BCUT2D eigenvalue weighted by Gasteiger charge is -2.17. The summed E-state index contributed by atoms with van der Waals surface area (Å²) in [7, 11) is 0. The Morgan fingerprint density at radius 2 is 1.36 bits per heavy atom. The molecule has 0 aliphatic carbocycles. The average Bonchev–Trinajstić information content (AvgIpc) is 2.57. The second-order valence-corrected chi connectivity index (χ2v) is 6.26. The highest BCUT2D eigenvalue weighted by molar-refractivity contribution is 5.67. The van der Waals surface area contributed by atoms with Gasteiger partial charge in [-0.1, -0.05) is 24.3 Å². The maximum absolute atomic E-state index is 13.5. The molecule has 3 aromatic rings. The van der Waals surface area contributed by atoms with E-state index in [2.05, 4.69) is 0 Å². The van der Waals surface area contributed by atoms with Crippen molar-refractivity contribution in [3.8, 4) is 0 Å². The molecule has 0 fully saturated rings. The van der Waals surface area contributed by atoms with Gasteiger partial charge in [-0.25, -0.2) is 8.78 Å². The van der Waals surface area contributed by atoms with Crippen molar-refractivity contribution in [3.05, 3.63) is 94.0 Å². The molecule has 0 heterocycles. The molecule has 4 heteroatoms. The van der Waals surface area contributed by atoms with E-state index in [4.69, 9.17) is 11.5 Å². The van der Waals surface area contributed by atoms with Gasteiger partial charge in [0.2, 0.25) is 0 Å². The number of anilines is 2. The first-order valence-corrected chi connectivity index (χ1v) is 8.09. The fraction of sp³-hybridized carbons (Fsp3) is 0.143. The predicted octanol–water partition coefficient (Wildman–Crippen LogP) is 4.62. The molecule has 2 nitrogen and oxygen atoms in total. The first-order chi connectivity index (χ1) is 11.9. The Labute approximate surface area is 146 Å². The minimum absolute atomic E-state index is 0.280. The third-order valence-corrected chi connectivity index (χ3v) is 4.44. The second kappa shape index (κ2) is 6.93. The van der Waals surface area contributed by atoms with E-state index in [1.807, 2.05) is 25.1 Å². The lowest BCUT2D eigenvalue weighted by atomic mass is 9.92. The van der Waals surface area contributed by atoms with Gasteiger partial charge in [0.25, 0.3) is 0 Å². The fourth-order valence-corrected chi connectivity index (χ4v) is 3.04. The molecule has 0 atom stereocenters. The van der Waals surface area contributed by atoms with Gasteiger partial charge >= 0.3 is 0 Å². The molecule has 0 radical (unpaired) electrons. The van der Waals surface area contributed by atoms with Crippen LogP contribution in [0.3, 0.4) is 0 Å². The molecule has 0 amide bonds. The highest BCUT2D eigenvalue weighted by Gasteiger charge is 2.13. The molecule has 0 bridgehead atoms. The molecule has 0 aromatic heterocycles. The minimum atomic E-state index is -0.281. The lowest BCUT2D eigenvalue weighted by Crippen LogP contribution is -2.07. The standard InChI is InChI=1S/C21H20F2N2/c1-13-19(11-15-5-3-7-18(23)10-15)21(25)16(12-20(13)24)8-14-4-2-6-17(22)9-14/h2-7,9-10,12H,8,11,24-25H2,1H3.